The molecule has 1 N–H and O–H groups in total. The van der Waals surface area contributed by atoms with Crippen LogP contribution < -0.4 is 0 Å². The van der Waals surface area contributed by atoms with Crippen LogP contribution in [-0.2, 0) is 27.9 Å². The van der Waals surface area contributed by atoms with E-state index < -0.39 is 13.9 Å². The molecule has 0 amide bonds. The molecule has 0 fully saturated rings. The van der Waals surface area contributed by atoms with Crippen molar-refractivity contribution in [2.45, 2.75) is 174 Å². The number of quaternary nitrogens is 1. The van der Waals surface area contributed by atoms with Crippen molar-refractivity contribution in [3.63, 3.8) is 0 Å². The lowest BCUT2D eigenvalue weighted by Gasteiger charge is -2.24. The SMILES string of the molecule is CC/C=C\C/C=C\C/C=C\CCCCCCCCCCOCC(COP(=O)(O)OCC[N+](C)(C)C)OC(=O)CCCCCCCCCCCCC. The number of phosphoric ester groups is 1. The molecule has 300 valence electrons. The van der Waals surface area contributed by atoms with Crippen molar-refractivity contribution in [3.8, 4) is 0 Å². The summed E-state index contributed by atoms with van der Waals surface area (Å²) in [5, 5.41) is 0. The minimum Gasteiger partial charge on any atom is -0.457 e. The quantitative estimate of drug-likeness (QED) is 0.0221. The predicted molar refractivity (Wildman–Crippen MR) is 215 cm³/mol. The number of hydrogen-bond acceptors (Lipinski definition) is 6. The maximum absolute atomic E-state index is 12.6. The Kier molecular flexibility index (Phi) is 34.8. The highest BCUT2D eigenvalue weighted by Gasteiger charge is 2.26. The second kappa shape index (κ2) is 35.7. The van der Waals surface area contributed by atoms with Crippen molar-refractivity contribution in [1.29, 1.82) is 0 Å². The van der Waals surface area contributed by atoms with E-state index in [9.17, 15) is 14.3 Å². The zero-order valence-electron chi connectivity index (χ0n) is 33.8. The van der Waals surface area contributed by atoms with Gasteiger partial charge in [-0.05, 0) is 44.9 Å². The number of rotatable bonds is 38. The zero-order valence-corrected chi connectivity index (χ0v) is 34.7. The Hall–Kier alpha value is -1.28. The van der Waals surface area contributed by atoms with Gasteiger partial charge in [-0.15, -0.1) is 0 Å². The summed E-state index contributed by atoms with van der Waals surface area (Å²) in [6.45, 7) is 5.49. The van der Waals surface area contributed by atoms with Crippen LogP contribution in [0.1, 0.15) is 168 Å². The Bertz CT molecular complexity index is 915. The number of hydrogen-bond donors (Lipinski definition) is 1. The second-order valence-corrected chi connectivity index (χ2v) is 16.4. The lowest BCUT2D eigenvalue weighted by atomic mass is 10.1. The predicted octanol–water partition coefficient (Wildman–Crippen LogP) is 11.8. The molecule has 2 unspecified atom stereocenters. The fourth-order valence-electron chi connectivity index (χ4n) is 5.51. The Morgan fingerprint density at radius 2 is 1.14 bits per heavy atom. The normalized spacial score (nSPS) is 14.2. The first-order chi connectivity index (χ1) is 24.6. The van der Waals surface area contributed by atoms with Gasteiger partial charge in [0, 0.05) is 13.0 Å². The smallest absolute Gasteiger partial charge is 0.457 e. The van der Waals surface area contributed by atoms with E-state index in [4.69, 9.17) is 18.5 Å². The van der Waals surface area contributed by atoms with Gasteiger partial charge in [0.15, 0.2) is 0 Å². The van der Waals surface area contributed by atoms with Crippen LogP contribution in [0.5, 0.6) is 0 Å². The monoisotopic (exact) mass is 743 g/mol. The molecule has 0 saturated heterocycles. The number of esters is 1. The summed E-state index contributed by atoms with van der Waals surface area (Å²) < 4.78 is 34.9. The van der Waals surface area contributed by atoms with Gasteiger partial charge in [0.05, 0.1) is 34.4 Å². The summed E-state index contributed by atoms with van der Waals surface area (Å²) in [6, 6.07) is 0. The molecule has 0 saturated carbocycles. The van der Waals surface area contributed by atoms with Crippen molar-refractivity contribution in [2.75, 3.05) is 54.1 Å². The number of unbranched alkanes of at least 4 members (excludes halogenated alkanes) is 18. The van der Waals surface area contributed by atoms with Gasteiger partial charge < -0.3 is 18.9 Å². The summed E-state index contributed by atoms with van der Waals surface area (Å²) in [6.07, 6.45) is 40.3. The van der Waals surface area contributed by atoms with Crippen molar-refractivity contribution in [1.82, 2.24) is 0 Å². The minimum absolute atomic E-state index is 0.0875. The minimum atomic E-state index is -4.27. The number of phosphoric acid groups is 1. The molecule has 0 heterocycles. The average molecular weight is 743 g/mol. The molecule has 0 aromatic rings. The van der Waals surface area contributed by atoms with Gasteiger partial charge in [0.25, 0.3) is 0 Å². The third-order valence-electron chi connectivity index (χ3n) is 8.72. The van der Waals surface area contributed by atoms with E-state index >= 15 is 0 Å². The second-order valence-electron chi connectivity index (χ2n) is 15.0. The molecule has 0 rings (SSSR count). The first-order valence-electron chi connectivity index (χ1n) is 20.7. The highest BCUT2D eigenvalue weighted by molar-refractivity contribution is 7.47. The number of carbonyl (C=O) groups is 1. The molecule has 2 atom stereocenters. The third kappa shape index (κ3) is 39.8. The van der Waals surface area contributed by atoms with Crippen LogP contribution in [0.4, 0.5) is 0 Å². The summed E-state index contributed by atoms with van der Waals surface area (Å²) in [4.78, 5) is 22.8. The molecule has 0 aliphatic heterocycles. The highest BCUT2D eigenvalue weighted by atomic mass is 31.2. The van der Waals surface area contributed by atoms with Crippen LogP contribution in [0.2, 0.25) is 0 Å². The first-order valence-corrected chi connectivity index (χ1v) is 22.2. The molecule has 0 aliphatic rings. The van der Waals surface area contributed by atoms with E-state index in [1.807, 2.05) is 21.1 Å². The van der Waals surface area contributed by atoms with Crippen LogP contribution in [0.15, 0.2) is 36.5 Å². The fourth-order valence-corrected chi connectivity index (χ4v) is 6.25. The first kappa shape index (κ1) is 49.7. The highest BCUT2D eigenvalue weighted by Crippen LogP contribution is 2.43. The van der Waals surface area contributed by atoms with E-state index in [1.165, 1.54) is 96.3 Å². The zero-order chi connectivity index (χ0) is 37.7. The van der Waals surface area contributed by atoms with E-state index in [1.54, 1.807) is 0 Å². The van der Waals surface area contributed by atoms with Crippen molar-refractivity contribution >= 4 is 13.8 Å². The van der Waals surface area contributed by atoms with E-state index in [-0.39, 0.29) is 25.8 Å². The van der Waals surface area contributed by atoms with Crippen LogP contribution >= 0.6 is 7.82 Å². The Morgan fingerprint density at radius 1 is 0.627 bits per heavy atom. The standard InChI is InChI=1S/C42H80NO7P/c1-6-8-10-12-14-16-18-19-20-21-22-23-24-26-28-30-32-34-37-47-39-41(40-49-51(45,46)48-38-36-43(3,4)5)50-42(44)35-33-31-29-27-25-17-15-13-11-9-7-2/h8,10,14,16,19-20,41H,6-7,9,11-13,15,17-18,21-40H2,1-5H3/p+1/b10-8-,16-14-,20-19-. The molecule has 0 aliphatic carbocycles. The molecule has 0 aromatic carbocycles. The van der Waals surface area contributed by atoms with Gasteiger partial charge in [0.1, 0.15) is 19.3 Å². The molecule has 0 bridgehead atoms. The maximum atomic E-state index is 12.6. The summed E-state index contributed by atoms with van der Waals surface area (Å²) in [5.41, 5.74) is 0. The van der Waals surface area contributed by atoms with E-state index in [2.05, 4.69) is 50.3 Å². The number of likely N-dealkylation sites (N-methyl/N-ethyl adjacent to an activating group) is 1. The molecule has 9 heteroatoms. The summed E-state index contributed by atoms with van der Waals surface area (Å²) in [5.74, 6) is -0.318. The van der Waals surface area contributed by atoms with Crippen molar-refractivity contribution in [3.05, 3.63) is 36.5 Å². The molecular formula is C42H81NO7P+. The van der Waals surface area contributed by atoms with Crippen molar-refractivity contribution < 1.29 is 37.3 Å². The van der Waals surface area contributed by atoms with Gasteiger partial charge in [-0.2, -0.15) is 0 Å². The topological polar surface area (TPSA) is 91.3 Å². The number of nitrogens with zero attached hydrogens (tertiary/aromatic N) is 1. The molecule has 51 heavy (non-hydrogen) atoms. The van der Waals surface area contributed by atoms with Gasteiger partial charge >= 0.3 is 13.8 Å². The summed E-state index contributed by atoms with van der Waals surface area (Å²) in [7, 11) is 1.66. The molecule has 8 nitrogen and oxygen atoms in total. The number of allylic oxidation sites excluding steroid dienone is 6. The molecule has 0 aromatic heterocycles. The van der Waals surface area contributed by atoms with E-state index in [0.717, 1.165) is 51.4 Å². The van der Waals surface area contributed by atoms with Crippen LogP contribution in [0, 0.1) is 0 Å². The lowest BCUT2D eigenvalue weighted by molar-refractivity contribution is -0.870. The maximum Gasteiger partial charge on any atom is 0.472 e. The molecule has 0 spiro atoms. The van der Waals surface area contributed by atoms with Gasteiger partial charge in [-0.25, -0.2) is 4.57 Å². The Balaban J connectivity index is 4.23. The largest absolute Gasteiger partial charge is 0.472 e. The summed E-state index contributed by atoms with van der Waals surface area (Å²) >= 11 is 0. The van der Waals surface area contributed by atoms with Gasteiger partial charge in [0.2, 0.25) is 0 Å². The Morgan fingerprint density at radius 3 is 1.71 bits per heavy atom. The van der Waals surface area contributed by atoms with Crippen LogP contribution in [0.25, 0.3) is 0 Å². The lowest BCUT2D eigenvalue weighted by Crippen LogP contribution is -2.37. The molecule has 0 radical (unpaired) electrons. The van der Waals surface area contributed by atoms with Gasteiger partial charge in [-0.3, -0.25) is 13.8 Å². The fraction of sp³-hybridized carbons (Fsp3) is 0.833. The Labute approximate surface area is 315 Å². The van der Waals surface area contributed by atoms with E-state index in [0.29, 0.717) is 24.1 Å². The van der Waals surface area contributed by atoms with Gasteiger partial charge in [-0.1, -0.05) is 153 Å². The number of ether oxygens (including phenoxy) is 2. The third-order valence-corrected chi connectivity index (χ3v) is 9.70. The average Bonchev–Trinajstić information content (AvgIpc) is 3.08. The van der Waals surface area contributed by atoms with Crippen molar-refractivity contribution in [2.24, 2.45) is 0 Å². The van der Waals surface area contributed by atoms with Crippen LogP contribution in [-0.4, -0.2) is 75.6 Å². The number of carbonyl (C=O) groups excluding carboxylic acids is 1. The molecular weight excluding hydrogens is 661 g/mol. The van der Waals surface area contributed by atoms with Crippen LogP contribution in [0.3, 0.4) is 0 Å².